The molecule has 1 amide bonds. The van der Waals surface area contributed by atoms with Gasteiger partial charge in [0.25, 0.3) is 11.6 Å². The summed E-state index contributed by atoms with van der Waals surface area (Å²) < 4.78 is 19.2. The largest absolute Gasteiger partial charge is 0.422 e. The number of nitrogens with zero attached hydrogens (tertiary/aromatic N) is 1. The molecule has 8 heteroatoms. The predicted octanol–water partition coefficient (Wildman–Crippen LogP) is 4.76. The highest BCUT2D eigenvalue weighted by molar-refractivity contribution is 6.04. The van der Waals surface area contributed by atoms with Crippen LogP contribution >= 0.6 is 0 Å². The molecule has 1 N–H and O–H groups in total. The van der Waals surface area contributed by atoms with Gasteiger partial charge in [0.05, 0.1) is 16.2 Å². The van der Waals surface area contributed by atoms with Crippen molar-refractivity contribution in [1.82, 2.24) is 0 Å². The van der Waals surface area contributed by atoms with E-state index in [0.29, 0.717) is 16.7 Å². The van der Waals surface area contributed by atoms with Crippen molar-refractivity contribution in [2.75, 3.05) is 5.32 Å². The summed E-state index contributed by atoms with van der Waals surface area (Å²) in [7, 11) is 0. The molecular formula is C22H13FN2O5. The molecule has 0 atom stereocenters. The molecule has 0 aliphatic carbocycles. The van der Waals surface area contributed by atoms with Gasteiger partial charge in [-0.15, -0.1) is 0 Å². The lowest BCUT2D eigenvalue weighted by molar-refractivity contribution is -0.384. The third-order valence-corrected chi connectivity index (χ3v) is 4.51. The maximum atomic E-state index is 13.9. The average molecular weight is 404 g/mol. The van der Waals surface area contributed by atoms with Crippen LogP contribution in [0.25, 0.3) is 22.1 Å². The third kappa shape index (κ3) is 3.66. The Morgan fingerprint density at radius 3 is 2.47 bits per heavy atom. The minimum absolute atomic E-state index is 0.190. The highest BCUT2D eigenvalue weighted by Crippen LogP contribution is 2.24. The number of rotatable bonds is 4. The second-order valence-corrected chi connectivity index (χ2v) is 6.44. The van der Waals surface area contributed by atoms with Gasteiger partial charge in [-0.2, -0.15) is 0 Å². The zero-order valence-corrected chi connectivity index (χ0v) is 15.3. The van der Waals surface area contributed by atoms with Crippen LogP contribution in [0.4, 0.5) is 15.8 Å². The van der Waals surface area contributed by atoms with E-state index >= 15 is 0 Å². The Kier molecular flexibility index (Phi) is 4.81. The standard InChI is InChI=1S/C22H13FN2O5/c23-18-10-9-16(25(28)29)12-19(18)24-21(26)14-7-5-13(6-8-14)17-11-15-3-1-2-4-20(15)30-22(17)27/h1-12H,(H,24,26). The van der Waals surface area contributed by atoms with Gasteiger partial charge >= 0.3 is 5.63 Å². The number of hydrogen-bond donors (Lipinski definition) is 1. The number of non-ortho nitro benzene ring substituents is 1. The molecule has 1 heterocycles. The highest BCUT2D eigenvalue weighted by Gasteiger charge is 2.15. The molecule has 0 saturated carbocycles. The first-order valence-electron chi connectivity index (χ1n) is 8.81. The van der Waals surface area contributed by atoms with Gasteiger partial charge in [-0.05, 0) is 35.9 Å². The van der Waals surface area contributed by atoms with E-state index in [-0.39, 0.29) is 16.9 Å². The van der Waals surface area contributed by atoms with Gasteiger partial charge in [-0.1, -0.05) is 30.3 Å². The monoisotopic (exact) mass is 404 g/mol. The first-order valence-corrected chi connectivity index (χ1v) is 8.81. The first-order chi connectivity index (χ1) is 14.4. The zero-order valence-electron chi connectivity index (χ0n) is 15.3. The molecule has 0 unspecified atom stereocenters. The number of amides is 1. The molecule has 7 nitrogen and oxygen atoms in total. The van der Waals surface area contributed by atoms with Crippen molar-refractivity contribution in [2.45, 2.75) is 0 Å². The second kappa shape index (κ2) is 7.59. The van der Waals surface area contributed by atoms with Crippen molar-refractivity contribution in [2.24, 2.45) is 0 Å². The summed E-state index contributed by atoms with van der Waals surface area (Å²) in [5.74, 6) is -1.44. The molecule has 0 saturated heterocycles. The molecule has 0 fully saturated rings. The second-order valence-electron chi connectivity index (χ2n) is 6.44. The van der Waals surface area contributed by atoms with E-state index in [1.165, 1.54) is 12.1 Å². The van der Waals surface area contributed by atoms with E-state index in [0.717, 1.165) is 23.6 Å². The molecular weight excluding hydrogens is 391 g/mol. The number of nitro groups is 1. The van der Waals surface area contributed by atoms with Crippen LogP contribution < -0.4 is 10.9 Å². The van der Waals surface area contributed by atoms with Crippen molar-refractivity contribution >= 4 is 28.3 Å². The Balaban J connectivity index is 1.60. The molecule has 0 radical (unpaired) electrons. The van der Waals surface area contributed by atoms with Gasteiger partial charge in [-0.25, -0.2) is 9.18 Å². The highest BCUT2D eigenvalue weighted by atomic mass is 19.1. The van der Waals surface area contributed by atoms with Crippen molar-refractivity contribution < 1.29 is 18.5 Å². The minimum atomic E-state index is -0.792. The van der Waals surface area contributed by atoms with Crippen LogP contribution in [0.1, 0.15) is 10.4 Å². The van der Waals surface area contributed by atoms with Crippen molar-refractivity contribution in [3.05, 3.63) is 105 Å². The predicted molar refractivity (Wildman–Crippen MR) is 109 cm³/mol. The van der Waals surface area contributed by atoms with E-state index in [4.69, 9.17) is 4.42 Å². The molecule has 4 rings (SSSR count). The summed E-state index contributed by atoms with van der Waals surface area (Å²) >= 11 is 0. The van der Waals surface area contributed by atoms with Gasteiger partial charge in [0.2, 0.25) is 0 Å². The van der Waals surface area contributed by atoms with Crippen LogP contribution in [0.5, 0.6) is 0 Å². The Bertz CT molecular complexity index is 1350. The van der Waals surface area contributed by atoms with Crippen LogP contribution in [0, 0.1) is 15.9 Å². The Morgan fingerprint density at radius 2 is 1.73 bits per heavy atom. The van der Waals surface area contributed by atoms with Crippen LogP contribution in [0.3, 0.4) is 0 Å². The molecule has 4 aromatic rings. The summed E-state index contributed by atoms with van der Waals surface area (Å²) in [5, 5.41) is 13.9. The SMILES string of the molecule is O=C(Nc1cc([N+](=O)[O-])ccc1F)c1ccc(-c2cc3ccccc3oc2=O)cc1. The van der Waals surface area contributed by atoms with Crippen LogP contribution in [-0.4, -0.2) is 10.8 Å². The molecule has 30 heavy (non-hydrogen) atoms. The topological polar surface area (TPSA) is 102 Å². The molecule has 0 bridgehead atoms. The molecule has 1 aromatic heterocycles. The number of carbonyl (C=O) groups is 1. The Hall–Kier alpha value is -4.33. The van der Waals surface area contributed by atoms with E-state index < -0.39 is 22.3 Å². The fourth-order valence-corrected chi connectivity index (χ4v) is 2.98. The quantitative estimate of drug-likeness (QED) is 0.300. The number of nitrogens with one attached hydrogen (secondary N) is 1. The molecule has 0 aliphatic rings. The van der Waals surface area contributed by atoms with Crippen molar-refractivity contribution in [3.63, 3.8) is 0 Å². The fraction of sp³-hybridized carbons (Fsp3) is 0. The zero-order chi connectivity index (χ0) is 21.3. The fourth-order valence-electron chi connectivity index (χ4n) is 2.98. The van der Waals surface area contributed by atoms with Gasteiger partial charge in [-0.3, -0.25) is 14.9 Å². The summed E-state index contributed by atoms with van der Waals surface area (Å²) in [4.78, 5) is 34.8. The van der Waals surface area contributed by atoms with Gasteiger partial charge in [0, 0.05) is 23.1 Å². The lowest BCUT2D eigenvalue weighted by Gasteiger charge is -2.07. The number of para-hydroxylation sites is 1. The van der Waals surface area contributed by atoms with E-state index in [1.54, 1.807) is 30.3 Å². The van der Waals surface area contributed by atoms with Crippen molar-refractivity contribution in [1.29, 1.82) is 0 Å². The number of benzene rings is 3. The van der Waals surface area contributed by atoms with Gasteiger partial charge in [0.1, 0.15) is 11.4 Å². The van der Waals surface area contributed by atoms with Gasteiger partial charge in [0.15, 0.2) is 0 Å². The lowest BCUT2D eigenvalue weighted by atomic mass is 10.0. The summed E-state index contributed by atoms with van der Waals surface area (Å²) in [6, 6.07) is 17.7. The van der Waals surface area contributed by atoms with E-state index in [2.05, 4.69) is 5.32 Å². The number of hydrogen-bond acceptors (Lipinski definition) is 5. The third-order valence-electron chi connectivity index (χ3n) is 4.51. The number of halogens is 1. The summed E-state index contributed by atoms with van der Waals surface area (Å²) in [6.07, 6.45) is 0. The van der Waals surface area contributed by atoms with E-state index in [1.807, 2.05) is 12.1 Å². The normalized spacial score (nSPS) is 10.7. The number of carbonyl (C=O) groups excluding carboxylic acids is 1. The number of nitro benzene ring substituents is 1. The summed E-state index contributed by atoms with van der Waals surface area (Å²) in [5.41, 5.74) is 0.400. The number of fused-ring (bicyclic) bond motifs is 1. The maximum absolute atomic E-state index is 13.9. The molecule has 0 aliphatic heterocycles. The van der Waals surface area contributed by atoms with Crippen LogP contribution in [-0.2, 0) is 0 Å². The van der Waals surface area contributed by atoms with Crippen LogP contribution in [0.15, 0.2) is 82.0 Å². The number of anilines is 1. The molecule has 148 valence electrons. The minimum Gasteiger partial charge on any atom is -0.422 e. The maximum Gasteiger partial charge on any atom is 0.344 e. The smallest absolute Gasteiger partial charge is 0.344 e. The lowest BCUT2D eigenvalue weighted by Crippen LogP contribution is -2.13. The molecule has 3 aromatic carbocycles. The first kappa shape index (κ1) is 19.0. The Morgan fingerprint density at radius 1 is 1.00 bits per heavy atom. The van der Waals surface area contributed by atoms with Crippen molar-refractivity contribution in [3.8, 4) is 11.1 Å². The Labute approximate surface area is 168 Å². The van der Waals surface area contributed by atoms with Gasteiger partial charge < -0.3 is 9.73 Å². The summed E-state index contributed by atoms with van der Waals surface area (Å²) in [6.45, 7) is 0. The average Bonchev–Trinajstić information content (AvgIpc) is 2.74. The van der Waals surface area contributed by atoms with E-state index in [9.17, 15) is 24.1 Å². The van der Waals surface area contributed by atoms with Crippen LogP contribution in [0.2, 0.25) is 0 Å². The molecule has 0 spiro atoms.